The topological polar surface area (TPSA) is 77.3 Å². The molecule has 0 fully saturated rings. The van der Waals surface area contributed by atoms with Crippen LogP contribution in [0.3, 0.4) is 0 Å². The highest BCUT2D eigenvalue weighted by Crippen LogP contribution is 2.06. The molecule has 0 N–H and O–H groups in total. The molecule has 6 nitrogen and oxygen atoms in total. The van der Waals surface area contributed by atoms with E-state index in [4.69, 9.17) is 8.85 Å². The van der Waals surface area contributed by atoms with Crippen molar-refractivity contribution in [3.05, 3.63) is 0 Å². The summed E-state index contributed by atoms with van der Waals surface area (Å²) >= 11 is 0. The summed E-state index contributed by atoms with van der Waals surface area (Å²) in [4.78, 5) is 22.2. The lowest BCUT2D eigenvalue weighted by Crippen LogP contribution is -2.28. The number of rotatable bonds is 2. The molecule has 0 aromatic carbocycles. The average Bonchev–Trinajstić information content (AvgIpc) is 1.94. The summed E-state index contributed by atoms with van der Waals surface area (Å²) in [5, 5.41) is 6.28. The number of nitrogens with zero attached hydrogens (tertiary/aromatic N) is 2. The second-order valence-corrected chi connectivity index (χ2v) is 14.0. The fraction of sp³-hybridized carbons (Fsp3) is 0.750. The maximum atomic E-state index is 11.1. The molecule has 0 atom stereocenters. The summed E-state index contributed by atoms with van der Waals surface area (Å²) < 4.78 is 9.92. The van der Waals surface area contributed by atoms with Crippen molar-refractivity contribution in [2.45, 2.75) is 39.3 Å². The van der Waals surface area contributed by atoms with Gasteiger partial charge in [-0.2, -0.15) is 0 Å². The molecule has 0 aromatic heterocycles. The van der Waals surface area contributed by atoms with Gasteiger partial charge in [-0.1, -0.05) is 10.2 Å². The first-order chi connectivity index (χ1) is 6.99. The van der Waals surface area contributed by atoms with Crippen LogP contribution in [-0.2, 0) is 8.85 Å². The van der Waals surface area contributed by atoms with Gasteiger partial charge in [-0.15, -0.1) is 0 Å². The summed E-state index contributed by atoms with van der Waals surface area (Å²) in [6, 6.07) is 0. The van der Waals surface area contributed by atoms with Crippen LogP contribution >= 0.6 is 0 Å². The van der Waals surface area contributed by atoms with Crippen molar-refractivity contribution in [2.75, 3.05) is 0 Å². The van der Waals surface area contributed by atoms with Crippen LogP contribution in [0.25, 0.3) is 0 Å². The fourth-order valence-electron chi connectivity index (χ4n) is 0.646. The van der Waals surface area contributed by atoms with Crippen LogP contribution in [0.5, 0.6) is 0 Å². The van der Waals surface area contributed by atoms with Crippen molar-refractivity contribution < 1.29 is 18.4 Å². The number of carbonyl (C=O) groups excluding carboxylic acids is 2. The Morgan fingerprint density at radius 2 is 1.00 bits per heavy atom. The van der Waals surface area contributed by atoms with Crippen LogP contribution in [0.15, 0.2) is 10.2 Å². The van der Waals surface area contributed by atoms with Gasteiger partial charge in [0, 0.05) is 0 Å². The lowest BCUT2D eigenvalue weighted by molar-refractivity contribution is 0.199. The van der Waals surface area contributed by atoms with Gasteiger partial charge >= 0.3 is 12.2 Å². The van der Waals surface area contributed by atoms with E-state index in [2.05, 4.69) is 10.2 Å². The Labute approximate surface area is 97.3 Å². The molecule has 0 radical (unpaired) electrons. The van der Waals surface area contributed by atoms with Crippen molar-refractivity contribution in [2.24, 2.45) is 10.2 Å². The first kappa shape index (κ1) is 15.0. The van der Waals surface area contributed by atoms with Gasteiger partial charge in [-0.05, 0) is 39.3 Å². The Hall–Kier alpha value is -1.03. The molecule has 0 spiro atoms. The Morgan fingerprint density at radius 1 is 0.750 bits per heavy atom. The molecule has 8 heteroatoms. The van der Waals surface area contributed by atoms with Crippen LogP contribution < -0.4 is 0 Å². The molecule has 92 valence electrons. The van der Waals surface area contributed by atoms with Gasteiger partial charge in [0.25, 0.3) is 0 Å². The molecule has 2 amide bonds. The first-order valence-electron chi connectivity index (χ1n) is 4.87. The average molecular weight is 262 g/mol. The lowest BCUT2D eigenvalue weighted by Gasteiger charge is -2.15. The SMILES string of the molecule is C[Si](C)(C)OC(=O)/N=N/C(=O)O[Si](C)(C)C. The summed E-state index contributed by atoms with van der Waals surface area (Å²) in [6.07, 6.45) is -1.68. The molecular weight excluding hydrogens is 244 g/mol. The molecule has 0 saturated heterocycles. The van der Waals surface area contributed by atoms with Crippen LogP contribution in [0.1, 0.15) is 0 Å². The van der Waals surface area contributed by atoms with Gasteiger partial charge in [-0.3, -0.25) is 0 Å². The standard InChI is InChI=1S/C8H18N2O4Si2/c1-15(2,3)13-7(11)9-10-8(12)14-16(4,5)6/h1-6H3/b10-9+. The molecule has 0 heterocycles. The van der Waals surface area contributed by atoms with Crippen molar-refractivity contribution in [3.63, 3.8) is 0 Å². The van der Waals surface area contributed by atoms with Crippen molar-refractivity contribution in [1.29, 1.82) is 0 Å². The van der Waals surface area contributed by atoms with E-state index in [1.165, 1.54) is 0 Å². The minimum absolute atomic E-state index is 0.841. The fourth-order valence-corrected chi connectivity index (χ4v) is 1.78. The summed E-state index contributed by atoms with van der Waals surface area (Å²) in [7, 11) is -3.97. The zero-order valence-corrected chi connectivity index (χ0v) is 12.5. The first-order valence-corrected chi connectivity index (χ1v) is 11.7. The van der Waals surface area contributed by atoms with E-state index in [0.29, 0.717) is 0 Å². The van der Waals surface area contributed by atoms with Crippen molar-refractivity contribution >= 4 is 28.8 Å². The number of carbonyl (C=O) groups is 2. The van der Waals surface area contributed by atoms with Crippen molar-refractivity contribution in [3.8, 4) is 0 Å². The van der Waals surface area contributed by atoms with E-state index in [1.807, 2.05) is 39.3 Å². The lowest BCUT2D eigenvalue weighted by atomic mass is 11.2. The second-order valence-electron chi connectivity index (χ2n) is 5.16. The van der Waals surface area contributed by atoms with E-state index in [-0.39, 0.29) is 0 Å². The van der Waals surface area contributed by atoms with Crippen LogP contribution in [0, 0.1) is 0 Å². The van der Waals surface area contributed by atoms with E-state index >= 15 is 0 Å². The normalized spacial score (nSPS) is 12.6. The van der Waals surface area contributed by atoms with Crippen LogP contribution in [-0.4, -0.2) is 28.8 Å². The molecule has 0 saturated carbocycles. The third-order valence-corrected chi connectivity index (χ3v) is 2.57. The Balaban J connectivity index is 4.20. The number of azo groups is 1. The van der Waals surface area contributed by atoms with Crippen molar-refractivity contribution in [1.82, 2.24) is 0 Å². The number of hydrogen-bond acceptors (Lipinski definition) is 4. The quantitative estimate of drug-likeness (QED) is 0.564. The Bertz CT molecular complexity index is 274. The predicted molar refractivity (Wildman–Crippen MR) is 64.5 cm³/mol. The molecule has 0 unspecified atom stereocenters. The largest absolute Gasteiger partial charge is 0.502 e. The molecule has 0 rings (SSSR count). The van der Waals surface area contributed by atoms with E-state index in [0.717, 1.165) is 0 Å². The second kappa shape index (κ2) is 5.35. The molecule has 16 heavy (non-hydrogen) atoms. The minimum Gasteiger partial charge on any atom is -0.502 e. The molecule has 0 aliphatic carbocycles. The van der Waals surface area contributed by atoms with Gasteiger partial charge in [0.05, 0.1) is 0 Å². The maximum absolute atomic E-state index is 11.1. The van der Waals surface area contributed by atoms with E-state index < -0.39 is 28.8 Å². The van der Waals surface area contributed by atoms with Gasteiger partial charge in [-0.25, -0.2) is 9.59 Å². The van der Waals surface area contributed by atoms with E-state index in [1.54, 1.807) is 0 Å². The monoisotopic (exact) mass is 262 g/mol. The highest BCUT2D eigenvalue weighted by Gasteiger charge is 2.22. The molecule has 0 aliphatic heterocycles. The van der Waals surface area contributed by atoms with Gasteiger partial charge in [0.1, 0.15) is 0 Å². The summed E-state index contributed by atoms with van der Waals surface area (Å²) in [6.45, 7) is 11.0. The van der Waals surface area contributed by atoms with Crippen LogP contribution in [0.2, 0.25) is 39.3 Å². The molecule has 0 aromatic rings. The van der Waals surface area contributed by atoms with E-state index in [9.17, 15) is 9.59 Å². The zero-order chi connectivity index (χ0) is 13.0. The third kappa shape index (κ3) is 9.53. The highest BCUT2D eigenvalue weighted by molar-refractivity contribution is 6.71. The van der Waals surface area contributed by atoms with Crippen LogP contribution in [0.4, 0.5) is 9.59 Å². The molecule has 0 bridgehead atoms. The van der Waals surface area contributed by atoms with Gasteiger partial charge in [0.2, 0.25) is 16.6 Å². The third-order valence-electron chi connectivity index (χ3n) is 1.00. The number of hydrogen-bond donors (Lipinski definition) is 0. The molecule has 0 aliphatic rings. The van der Waals surface area contributed by atoms with Gasteiger partial charge in [0.15, 0.2) is 0 Å². The smallest absolute Gasteiger partial charge is 0.439 e. The molecular formula is C8H18N2O4Si2. The minimum atomic E-state index is -1.99. The number of amides is 2. The zero-order valence-electron chi connectivity index (χ0n) is 10.5. The summed E-state index contributed by atoms with van der Waals surface area (Å²) in [5.74, 6) is 0. The Morgan fingerprint density at radius 3 is 1.19 bits per heavy atom. The maximum Gasteiger partial charge on any atom is 0.439 e. The van der Waals surface area contributed by atoms with Gasteiger partial charge < -0.3 is 8.85 Å². The predicted octanol–water partition coefficient (Wildman–Crippen LogP) is 3.38. The summed E-state index contributed by atoms with van der Waals surface area (Å²) in [5.41, 5.74) is 0. The Kier molecular flexibility index (Phi) is 5.00. The highest BCUT2D eigenvalue weighted by atomic mass is 28.4.